The van der Waals surface area contributed by atoms with Crippen LogP contribution in [0.25, 0.3) is 0 Å². The van der Waals surface area contributed by atoms with E-state index in [4.69, 9.17) is 43.6 Å². The number of unbranched alkanes of at least 4 members (excludes halogenated alkanes) is 2. The lowest BCUT2D eigenvalue weighted by molar-refractivity contribution is -0.154. The number of ether oxygens (including phenoxy) is 3. The Kier molecular flexibility index (Phi) is 63.4. The highest BCUT2D eigenvalue weighted by molar-refractivity contribution is 8.40. The van der Waals surface area contributed by atoms with Crippen LogP contribution in [0.3, 0.4) is 0 Å². The summed E-state index contributed by atoms with van der Waals surface area (Å²) in [5, 5.41) is 11.2. The smallest absolute Gasteiger partial charge is 0.320 e. The van der Waals surface area contributed by atoms with Gasteiger partial charge in [-0.1, -0.05) is 45.9 Å². The van der Waals surface area contributed by atoms with Crippen LogP contribution < -0.4 is 32.7 Å². The summed E-state index contributed by atoms with van der Waals surface area (Å²) in [5.41, 5.74) is 8.26. The normalized spacial score (nSPS) is 13.0. The van der Waals surface area contributed by atoms with Gasteiger partial charge in [0, 0.05) is 84.1 Å². The van der Waals surface area contributed by atoms with E-state index in [1.807, 2.05) is 41.5 Å². The Balaban J connectivity index is -0.000000193. The fourth-order valence-corrected chi connectivity index (χ4v) is 8.07. The van der Waals surface area contributed by atoms with Crippen LogP contribution in [0.4, 0.5) is 0 Å². The summed E-state index contributed by atoms with van der Waals surface area (Å²) in [6.45, 7) is 17.4. The Labute approximate surface area is 532 Å². The average molecular weight is 1390 g/mol. The highest BCUT2D eigenvalue weighted by Crippen LogP contribution is 2.14. The number of carbonyl (C=O) groups excluding carboxylic acids is 11. The molecule has 0 aromatic carbocycles. The second kappa shape index (κ2) is 56.0. The zero-order valence-corrected chi connectivity index (χ0v) is 56.9. The summed E-state index contributed by atoms with van der Waals surface area (Å²) in [6, 6.07) is -0.892. The monoisotopic (exact) mass is 1390 g/mol. The molecule has 6 amide bonds. The molecule has 2 aliphatic heterocycles. The summed E-state index contributed by atoms with van der Waals surface area (Å²) in [4.78, 5) is 128. The first-order valence-electron chi connectivity index (χ1n) is 24.3. The third-order valence-corrected chi connectivity index (χ3v) is 15.0. The van der Waals surface area contributed by atoms with Crippen molar-refractivity contribution in [3.05, 3.63) is 24.3 Å². The number of esters is 3. The number of hydrogen-bond acceptors (Lipinski definition) is 24. The molecule has 2 atom stereocenters. The van der Waals surface area contributed by atoms with Crippen LogP contribution in [0.15, 0.2) is 24.3 Å². The third kappa shape index (κ3) is 56.9. The standard InChI is InChI=1S/C19H28N3O6PS.C14H21N4O4PS.2C6H11O2PS.CH5N.3CH4.P2S2/c1-19(2,3)28-17(26)12-21-13(18(27)29-30)6-4-5-10-20-14(23)9-11-22-15(24)7-8-16(22)25;15-9-17-10(14(22)23-24)3-1-2-7-16-11(19)6-8-18-12(20)4-5-13(18)21;2*1-6(2,3)8-5(7)4-9-10;1-2;;;;3-1-2-4/h7-8,13,21H,4-6,9-12H2,1-3H3,(H,20,23);4-5,10,17H,1-3,6-9,15H2,(H,16,19);2*4H2,1-3H3;2H2,1H3;3*1H4;/t13-;10-;;;;;;;/m00......./s1. The van der Waals surface area contributed by atoms with Gasteiger partial charge in [-0.25, -0.2) is 0 Å². The molecule has 0 unspecified atom stereocenters. The van der Waals surface area contributed by atoms with Crippen molar-refractivity contribution < 1.29 is 67.0 Å². The third-order valence-electron chi connectivity index (χ3n) is 8.72. The molecule has 0 aromatic heterocycles. The lowest BCUT2D eigenvalue weighted by Gasteiger charge is -2.21. The molecule has 0 fully saturated rings. The van der Waals surface area contributed by atoms with Crippen LogP contribution in [-0.2, 0) is 138 Å². The van der Waals surface area contributed by atoms with Gasteiger partial charge in [0.25, 0.3) is 23.6 Å². The molecular formula is C49H88N8O14P6S6. The van der Waals surface area contributed by atoms with Gasteiger partial charge < -0.3 is 36.3 Å². The quantitative estimate of drug-likeness (QED) is 0.0106. The molecule has 2 rings (SSSR count). The van der Waals surface area contributed by atoms with Crippen molar-refractivity contribution in [1.29, 1.82) is 0 Å². The second-order valence-electron chi connectivity index (χ2n) is 18.8. The van der Waals surface area contributed by atoms with Crippen molar-refractivity contribution in [3.8, 4) is 0 Å². The van der Waals surface area contributed by atoms with Gasteiger partial charge in [-0.3, -0.25) is 73.2 Å². The number of imide groups is 2. The summed E-state index contributed by atoms with van der Waals surface area (Å²) >= 11 is 27.5. The number of amides is 6. The molecule has 2 heterocycles. The summed E-state index contributed by atoms with van der Waals surface area (Å²) in [5.74, 6) is -2.98. The van der Waals surface area contributed by atoms with E-state index in [1.165, 1.54) is 31.4 Å². The zero-order chi connectivity index (χ0) is 62.5. The molecule has 22 nitrogen and oxygen atoms in total. The van der Waals surface area contributed by atoms with Gasteiger partial charge in [-0.15, -0.1) is 0 Å². The minimum atomic E-state index is -0.599. The van der Waals surface area contributed by atoms with Gasteiger partial charge in [0.2, 0.25) is 22.9 Å². The number of nitrogens with zero attached hydrogens (tertiary/aromatic N) is 2. The molecule has 0 saturated heterocycles. The van der Waals surface area contributed by atoms with E-state index in [1.54, 1.807) is 20.8 Å². The van der Waals surface area contributed by atoms with Crippen LogP contribution in [-0.4, -0.2) is 162 Å². The Morgan fingerprint density at radius 1 is 0.518 bits per heavy atom. The SMILES string of the molecule is C.C.C.CC(C)(C)OC(=O)CN[C@@H](CCCCNC(=O)CCN1C(=O)C=CC1=O)C(=O)P=S.CC(C)(C)OC(=O)CP=S.CC(C)(C)OC(=O)CP=S.CN.NCN[C@@H](CCCCNC(=O)CCN1C(=O)C=CC1=O)C(=O)P=S.S=PP=S. The minimum Gasteiger partial charge on any atom is -0.459 e. The Hall–Kier alpha value is -2.59. The topological polar surface area (TPSA) is 322 Å². The van der Waals surface area contributed by atoms with E-state index in [-0.39, 0.29) is 128 Å². The minimum absolute atomic E-state index is 0. The van der Waals surface area contributed by atoms with Gasteiger partial charge in [-0.2, -0.15) is 0 Å². The van der Waals surface area contributed by atoms with Crippen molar-refractivity contribution in [2.24, 2.45) is 11.5 Å². The van der Waals surface area contributed by atoms with Crippen LogP contribution in [0, 0.1) is 0 Å². The lowest BCUT2D eigenvalue weighted by atomic mass is 10.1. The molecule has 474 valence electrons. The molecule has 0 saturated carbocycles. The lowest BCUT2D eigenvalue weighted by Crippen LogP contribution is -2.40. The molecule has 8 N–H and O–H groups in total. The maximum absolute atomic E-state index is 12.0. The van der Waals surface area contributed by atoms with E-state index in [0.717, 1.165) is 30.3 Å². The molecular weight excluding hydrogens is 1300 g/mol. The first-order valence-corrected chi connectivity index (χ1v) is 36.9. The van der Waals surface area contributed by atoms with E-state index in [2.05, 4.69) is 74.2 Å². The largest absolute Gasteiger partial charge is 0.459 e. The van der Waals surface area contributed by atoms with Gasteiger partial charge in [-0.05, 0) is 170 Å². The van der Waals surface area contributed by atoms with Gasteiger partial charge in [0.15, 0.2) is 0 Å². The van der Waals surface area contributed by atoms with Crippen LogP contribution >= 0.6 is 43.5 Å². The molecule has 0 aromatic rings. The van der Waals surface area contributed by atoms with Gasteiger partial charge in [0.1, 0.15) is 16.8 Å². The molecule has 83 heavy (non-hydrogen) atoms. The van der Waals surface area contributed by atoms with Crippen LogP contribution in [0.1, 0.15) is 136 Å². The number of rotatable bonds is 30. The highest BCUT2D eigenvalue weighted by Gasteiger charge is 2.26. The average Bonchev–Trinajstić information content (AvgIpc) is 3.87. The number of nitrogens with two attached hydrogens (primary N) is 2. The first kappa shape index (κ1) is 94.1. The van der Waals surface area contributed by atoms with E-state index in [0.29, 0.717) is 72.2 Å². The molecule has 34 heteroatoms. The highest BCUT2D eigenvalue weighted by atomic mass is 32.7. The molecule has 0 bridgehead atoms. The number of carbonyl (C=O) groups is 11. The fourth-order valence-electron chi connectivity index (χ4n) is 5.64. The molecule has 0 radical (unpaired) electrons. The maximum atomic E-state index is 12.0. The number of nitrogens with one attached hydrogen (secondary N) is 4. The fraction of sp³-hybridized carbons (Fsp3) is 0.694. The van der Waals surface area contributed by atoms with Crippen LogP contribution in [0.2, 0.25) is 0 Å². The molecule has 0 spiro atoms. The van der Waals surface area contributed by atoms with E-state index in [9.17, 15) is 52.7 Å². The van der Waals surface area contributed by atoms with Gasteiger partial charge in [0.05, 0.1) is 45.7 Å². The van der Waals surface area contributed by atoms with Crippen LogP contribution in [0.5, 0.6) is 0 Å². The van der Waals surface area contributed by atoms with Crippen molar-refractivity contribution in [1.82, 2.24) is 31.1 Å². The molecule has 0 aliphatic carbocycles. The summed E-state index contributed by atoms with van der Waals surface area (Å²) in [7, 11) is 5.01. The van der Waals surface area contributed by atoms with Crippen molar-refractivity contribution in [2.45, 2.75) is 165 Å². The Morgan fingerprint density at radius 2 is 0.819 bits per heavy atom. The van der Waals surface area contributed by atoms with Gasteiger partial charge >= 0.3 is 17.9 Å². The Morgan fingerprint density at radius 3 is 1.08 bits per heavy atom. The van der Waals surface area contributed by atoms with Crippen molar-refractivity contribution in [3.63, 3.8) is 0 Å². The maximum Gasteiger partial charge on any atom is 0.320 e. The summed E-state index contributed by atoms with van der Waals surface area (Å²) in [6.07, 6.45) is 9.26. The predicted molar refractivity (Wildman–Crippen MR) is 356 cm³/mol. The van der Waals surface area contributed by atoms with E-state index >= 15 is 0 Å². The van der Waals surface area contributed by atoms with Crippen molar-refractivity contribution in [2.75, 3.05) is 58.8 Å². The Bertz CT molecular complexity index is 2090. The second-order valence-corrected chi connectivity index (χ2v) is 28.1. The number of hydrogen-bond donors (Lipinski definition) is 6. The molecule has 2 aliphatic rings. The zero-order valence-electron chi connectivity index (χ0n) is 46.7. The van der Waals surface area contributed by atoms with E-state index < -0.39 is 41.2 Å². The summed E-state index contributed by atoms with van der Waals surface area (Å²) < 4.78 is 15.1. The predicted octanol–water partition coefficient (Wildman–Crippen LogP) is 6.89. The first-order chi connectivity index (χ1) is 37.3. The van der Waals surface area contributed by atoms with Crippen molar-refractivity contribution >= 4 is 179 Å².